The Bertz CT molecular complexity index is 2130. The van der Waals surface area contributed by atoms with Crippen molar-refractivity contribution in [1.29, 1.82) is 0 Å². The Kier molecular flexibility index (Phi) is 6.16. The van der Waals surface area contributed by atoms with Crippen molar-refractivity contribution in [2.45, 2.75) is 6.17 Å². The van der Waals surface area contributed by atoms with E-state index in [4.69, 9.17) is 14.4 Å². The van der Waals surface area contributed by atoms with Crippen LogP contribution in [0.25, 0.3) is 44.2 Å². The van der Waals surface area contributed by atoms with Gasteiger partial charge in [0.1, 0.15) is 22.8 Å². The zero-order chi connectivity index (χ0) is 28.6. The van der Waals surface area contributed by atoms with Gasteiger partial charge in [-0.3, -0.25) is 0 Å². The van der Waals surface area contributed by atoms with Crippen molar-refractivity contribution in [3.8, 4) is 22.3 Å². The zero-order valence-corrected chi connectivity index (χ0v) is 23.3. The molecular weight excluding hydrogens is 526 g/mol. The molecule has 0 fully saturated rings. The predicted molar refractivity (Wildman–Crippen MR) is 176 cm³/mol. The summed E-state index contributed by atoms with van der Waals surface area (Å²) in [6, 6.07) is 52.0. The number of nitrogens with zero attached hydrogens (tertiary/aromatic N) is 2. The van der Waals surface area contributed by atoms with E-state index in [1.54, 1.807) is 0 Å². The van der Waals surface area contributed by atoms with Gasteiger partial charge in [0.05, 0.1) is 0 Å². The molecule has 7 aromatic rings. The largest absolute Gasteiger partial charge is 0.455 e. The molecule has 0 bridgehead atoms. The molecule has 1 unspecified atom stereocenters. The lowest BCUT2D eigenvalue weighted by Gasteiger charge is -2.23. The first-order valence-corrected chi connectivity index (χ1v) is 14.5. The number of benzene rings is 6. The minimum atomic E-state index is -0.380. The summed E-state index contributed by atoms with van der Waals surface area (Å²) in [7, 11) is 0. The highest BCUT2D eigenvalue weighted by atomic mass is 16.3. The summed E-state index contributed by atoms with van der Waals surface area (Å²) in [5, 5.41) is 5.68. The van der Waals surface area contributed by atoms with E-state index in [0.717, 1.165) is 72.6 Å². The Morgan fingerprint density at radius 1 is 0.442 bits per heavy atom. The molecular formula is C39H27N3O. The predicted octanol–water partition coefficient (Wildman–Crippen LogP) is 9.42. The fourth-order valence-electron chi connectivity index (χ4n) is 5.89. The molecule has 1 aliphatic heterocycles. The standard InChI is InChI=1S/C39H27N3O/c1-5-14-26(15-6-1)30-22-13-23-32-34-33(25-24-31(36(34)43-35(30)32)27-16-7-2-8-17-27)39-41-37(28-18-9-3-10-19-28)40-38(42-39)29-20-11-4-12-21-29/h1-25,37H,(H,40,41,42). The minimum Gasteiger partial charge on any atom is -0.455 e. The molecule has 8 rings (SSSR count). The highest BCUT2D eigenvalue weighted by Gasteiger charge is 2.25. The smallest absolute Gasteiger partial charge is 0.169 e. The summed E-state index contributed by atoms with van der Waals surface area (Å²) in [6.45, 7) is 0. The van der Waals surface area contributed by atoms with Gasteiger partial charge >= 0.3 is 0 Å². The second-order valence-electron chi connectivity index (χ2n) is 10.6. The van der Waals surface area contributed by atoms with Crippen molar-refractivity contribution in [3.05, 3.63) is 168 Å². The second kappa shape index (κ2) is 10.6. The molecule has 0 amide bonds. The third-order valence-corrected chi connectivity index (χ3v) is 7.96. The van der Waals surface area contributed by atoms with Gasteiger partial charge in [0, 0.05) is 33.0 Å². The Labute approximate surface area is 249 Å². The van der Waals surface area contributed by atoms with Crippen LogP contribution in [0.15, 0.2) is 166 Å². The minimum absolute atomic E-state index is 0.380. The molecule has 0 saturated heterocycles. The number of fused-ring (bicyclic) bond motifs is 3. The zero-order valence-electron chi connectivity index (χ0n) is 23.3. The van der Waals surface area contributed by atoms with E-state index in [1.165, 1.54) is 0 Å². The van der Waals surface area contributed by atoms with Gasteiger partial charge in [-0.25, -0.2) is 9.98 Å². The van der Waals surface area contributed by atoms with E-state index < -0.39 is 0 Å². The topological polar surface area (TPSA) is 49.9 Å². The molecule has 4 heteroatoms. The number of hydrogen-bond donors (Lipinski definition) is 1. The van der Waals surface area contributed by atoms with Crippen LogP contribution < -0.4 is 5.32 Å². The van der Waals surface area contributed by atoms with Crippen molar-refractivity contribution in [3.63, 3.8) is 0 Å². The normalized spacial score (nSPS) is 14.7. The van der Waals surface area contributed by atoms with Crippen LogP contribution in [0.5, 0.6) is 0 Å². The maximum Gasteiger partial charge on any atom is 0.169 e. The SMILES string of the molecule is c1ccc(C2=NC(c3ccccc3)N=C(c3ccc(-c4ccccc4)c4oc5c(-c6ccccc6)cccc5c34)N2)cc1. The van der Waals surface area contributed by atoms with E-state index in [1.807, 2.05) is 48.5 Å². The Balaban J connectivity index is 1.39. The van der Waals surface area contributed by atoms with Crippen LogP contribution in [0.1, 0.15) is 22.9 Å². The first kappa shape index (κ1) is 25.0. The number of para-hydroxylation sites is 1. The molecule has 0 aliphatic carbocycles. The molecule has 6 aromatic carbocycles. The lowest BCUT2D eigenvalue weighted by atomic mass is 9.96. The van der Waals surface area contributed by atoms with Crippen molar-refractivity contribution in [2.24, 2.45) is 9.98 Å². The van der Waals surface area contributed by atoms with Crippen molar-refractivity contribution >= 4 is 33.6 Å². The van der Waals surface area contributed by atoms with Crippen LogP contribution in [0.2, 0.25) is 0 Å². The molecule has 0 radical (unpaired) electrons. The lowest BCUT2D eigenvalue weighted by Crippen LogP contribution is -2.36. The van der Waals surface area contributed by atoms with Gasteiger partial charge in [-0.05, 0) is 28.8 Å². The van der Waals surface area contributed by atoms with Gasteiger partial charge in [0.15, 0.2) is 6.17 Å². The van der Waals surface area contributed by atoms with Gasteiger partial charge in [-0.2, -0.15) is 0 Å². The number of rotatable bonds is 5. The molecule has 4 nitrogen and oxygen atoms in total. The number of hydrogen-bond acceptors (Lipinski definition) is 4. The van der Waals surface area contributed by atoms with Crippen LogP contribution >= 0.6 is 0 Å². The highest BCUT2D eigenvalue weighted by molar-refractivity contribution is 6.25. The van der Waals surface area contributed by atoms with Crippen LogP contribution in [-0.4, -0.2) is 11.7 Å². The molecule has 0 spiro atoms. The fraction of sp³-hybridized carbons (Fsp3) is 0.0256. The van der Waals surface area contributed by atoms with E-state index in [0.29, 0.717) is 0 Å². The Morgan fingerprint density at radius 2 is 0.977 bits per heavy atom. The monoisotopic (exact) mass is 553 g/mol. The van der Waals surface area contributed by atoms with E-state index in [-0.39, 0.29) is 6.17 Å². The summed E-state index contributed by atoms with van der Waals surface area (Å²) >= 11 is 0. The number of aliphatic imine (C=N–C) groups is 2. The number of furan rings is 1. The lowest BCUT2D eigenvalue weighted by molar-refractivity contribution is 0.671. The van der Waals surface area contributed by atoms with Gasteiger partial charge in [-0.1, -0.05) is 140 Å². The summed E-state index contributed by atoms with van der Waals surface area (Å²) in [6.07, 6.45) is -0.380. The van der Waals surface area contributed by atoms with Gasteiger partial charge < -0.3 is 9.73 Å². The fourth-order valence-corrected chi connectivity index (χ4v) is 5.89. The molecule has 0 saturated carbocycles. The van der Waals surface area contributed by atoms with Crippen LogP contribution in [0, 0.1) is 0 Å². The molecule has 2 heterocycles. The quantitative estimate of drug-likeness (QED) is 0.231. The van der Waals surface area contributed by atoms with E-state index in [2.05, 4.69) is 108 Å². The van der Waals surface area contributed by atoms with E-state index >= 15 is 0 Å². The molecule has 1 N–H and O–H groups in total. The molecule has 204 valence electrons. The molecule has 43 heavy (non-hydrogen) atoms. The molecule has 1 atom stereocenters. The van der Waals surface area contributed by atoms with Gasteiger partial charge in [0.25, 0.3) is 0 Å². The maximum absolute atomic E-state index is 6.86. The van der Waals surface area contributed by atoms with Crippen LogP contribution in [-0.2, 0) is 0 Å². The average Bonchev–Trinajstić information content (AvgIpc) is 3.49. The van der Waals surface area contributed by atoms with Crippen molar-refractivity contribution in [1.82, 2.24) is 5.32 Å². The summed E-state index contributed by atoms with van der Waals surface area (Å²) in [4.78, 5) is 10.2. The van der Waals surface area contributed by atoms with Crippen molar-refractivity contribution < 1.29 is 4.42 Å². The summed E-state index contributed by atoms with van der Waals surface area (Å²) < 4.78 is 6.86. The van der Waals surface area contributed by atoms with Crippen LogP contribution in [0.4, 0.5) is 0 Å². The van der Waals surface area contributed by atoms with Crippen molar-refractivity contribution in [2.75, 3.05) is 0 Å². The first-order chi connectivity index (χ1) is 21.3. The maximum atomic E-state index is 6.86. The van der Waals surface area contributed by atoms with Crippen LogP contribution in [0.3, 0.4) is 0 Å². The van der Waals surface area contributed by atoms with Gasteiger partial charge in [-0.15, -0.1) is 0 Å². The molecule has 1 aromatic heterocycles. The highest BCUT2D eigenvalue weighted by Crippen LogP contribution is 2.42. The van der Waals surface area contributed by atoms with Gasteiger partial charge in [0.2, 0.25) is 0 Å². The first-order valence-electron chi connectivity index (χ1n) is 14.5. The van der Waals surface area contributed by atoms with E-state index in [9.17, 15) is 0 Å². The Morgan fingerprint density at radius 3 is 1.63 bits per heavy atom. The Hall–Kier alpha value is -5.74. The average molecular weight is 554 g/mol. The third kappa shape index (κ3) is 4.50. The number of nitrogens with one attached hydrogen (secondary N) is 1. The molecule has 1 aliphatic rings. The third-order valence-electron chi connectivity index (χ3n) is 7.96. The number of amidine groups is 2. The summed E-state index contributed by atoms with van der Waals surface area (Å²) in [5.41, 5.74) is 9.05. The second-order valence-corrected chi connectivity index (χ2v) is 10.6. The summed E-state index contributed by atoms with van der Waals surface area (Å²) in [5.74, 6) is 1.55.